The highest BCUT2D eigenvalue weighted by Gasteiger charge is 2.02. The SMILES string of the molecule is Cc1cccc(CNc2cc(C)c(Br)c(C)c2)c1. The van der Waals surface area contributed by atoms with Crippen molar-refractivity contribution in [3.8, 4) is 0 Å². The van der Waals surface area contributed by atoms with Crippen molar-refractivity contribution in [2.45, 2.75) is 27.3 Å². The van der Waals surface area contributed by atoms with E-state index in [9.17, 15) is 0 Å². The molecule has 0 heterocycles. The number of aryl methyl sites for hydroxylation is 3. The molecular weight excluding hydrogens is 286 g/mol. The summed E-state index contributed by atoms with van der Waals surface area (Å²) in [6.45, 7) is 7.23. The van der Waals surface area contributed by atoms with Gasteiger partial charge in [0.05, 0.1) is 0 Å². The Hall–Kier alpha value is -1.28. The molecule has 2 rings (SSSR count). The third-order valence-electron chi connectivity index (χ3n) is 3.02. The van der Waals surface area contributed by atoms with Crippen LogP contribution in [0.5, 0.6) is 0 Å². The Labute approximate surface area is 117 Å². The summed E-state index contributed by atoms with van der Waals surface area (Å²) < 4.78 is 1.20. The average molecular weight is 304 g/mol. The molecule has 2 aromatic rings. The average Bonchev–Trinajstić information content (AvgIpc) is 2.33. The van der Waals surface area contributed by atoms with Crippen LogP contribution in [-0.4, -0.2) is 0 Å². The van der Waals surface area contributed by atoms with Crippen molar-refractivity contribution in [2.75, 3.05) is 5.32 Å². The number of rotatable bonds is 3. The fourth-order valence-electron chi connectivity index (χ4n) is 2.07. The Bertz CT molecular complexity index is 538. The van der Waals surface area contributed by atoms with E-state index in [0.29, 0.717) is 0 Å². The van der Waals surface area contributed by atoms with Gasteiger partial charge in [-0.05, 0) is 49.6 Å². The highest BCUT2D eigenvalue weighted by Crippen LogP contribution is 2.25. The lowest BCUT2D eigenvalue weighted by Crippen LogP contribution is -2.00. The molecule has 2 heteroatoms. The Balaban J connectivity index is 2.11. The minimum absolute atomic E-state index is 0.863. The lowest BCUT2D eigenvalue weighted by Gasteiger charge is -2.11. The Morgan fingerprint density at radius 2 is 1.67 bits per heavy atom. The molecule has 2 aromatic carbocycles. The number of benzene rings is 2. The van der Waals surface area contributed by atoms with Crippen molar-refractivity contribution < 1.29 is 0 Å². The molecule has 1 N–H and O–H groups in total. The standard InChI is InChI=1S/C16H18BrN/c1-11-5-4-6-14(7-11)10-18-15-8-12(2)16(17)13(3)9-15/h4-9,18H,10H2,1-3H3. The minimum atomic E-state index is 0.863. The summed E-state index contributed by atoms with van der Waals surface area (Å²) in [6.07, 6.45) is 0. The monoisotopic (exact) mass is 303 g/mol. The third-order valence-corrected chi connectivity index (χ3v) is 4.27. The highest BCUT2D eigenvalue weighted by molar-refractivity contribution is 9.10. The first-order valence-corrected chi connectivity index (χ1v) is 6.92. The lowest BCUT2D eigenvalue weighted by atomic mass is 10.1. The van der Waals surface area contributed by atoms with Gasteiger partial charge in [-0.2, -0.15) is 0 Å². The largest absolute Gasteiger partial charge is 0.381 e. The van der Waals surface area contributed by atoms with Crippen LogP contribution in [0.2, 0.25) is 0 Å². The third kappa shape index (κ3) is 3.14. The molecular formula is C16H18BrN. The van der Waals surface area contributed by atoms with Crippen LogP contribution >= 0.6 is 15.9 Å². The van der Waals surface area contributed by atoms with Crippen LogP contribution in [0.15, 0.2) is 40.9 Å². The molecule has 0 bridgehead atoms. The molecule has 18 heavy (non-hydrogen) atoms. The topological polar surface area (TPSA) is 12.0 Å². The van der Waals surface area contributed by atoms with E-state index in [0.717, 1.165) is 6.54 Å². The van der Waals surface area contributed by atoms with Crippen molar-refractivity contribution in [3.05, 3.63) is 63.1 Å². The number of hydrogen-bond acceptors (Lipinski definition) is 1. The maximum atomic E-state index is 3.59. The summed E-state index contributed by atoms with van der Waals surface area (Å²) in [5.41, 5.74) is 6.32. The number of hydrogen-bond donors (Lipinski definition) is 1. The summed E-state index contributed by atoms with van der Waals surface area (Å²) in [4.78, 5) is 0. The molecule has 0 saturated carbocycles. The Morgan fingerprint density at radius 1 is 1.00 bits per heavy atom. The first kappa shape index (κ1) is 13.2. The number of anilines is 1. The zero-order chi connectivity index (χ0) is 13.1. The summed E-state index contributed by atoms with van der Waals surface area (Å²) in [5, 5.41) is 3.48. The second-order valence-electron chi connectivity index (χ2n) is 4.77. The van der Waals surface area contributed by atoms with Gasteiger partial charge in [-0.15, -0.1) is 0 Å². The van der Waals surface area contributed by atoms with E-state index in [1.807, 2.05) is 0 Å². The molecule has 0 atom stereocenters. The minimum Gasteiger partial charge on any atom is -0.381 e. The maximum Gasteiger partial charge on any atom is 0.0400 e. The first-order chi connectivity index (χ1) is 8.56. The van der Waals surface area contributed by atoms with E-state index < -0.39 is 0 Å². The fraction of sp³-hybridized carbons (Fsp3) is 0.250. The van der Waals surface area contributed by atoms with E-state index >= 15 is 0 Å². The van der Waals surface area contributed by atoms with Crippen LogP contribution in [-0.2, 0) is 6.54 Å². The smallest absolute Gasteiger partial charge is 0.0400 e. The van der Waals surface area contributed by atoms with Gasteiger partial charge in [-0.3, -0.25) is 0 Å². The summed E-state index contributed by atoms with van der Waals surface area (Å²) in [5.74, 6) is 0. The lowest BCUT2D eigenvalue weighted by molar-refractivity contribution is 1.13. The first-order valence-electron chi connectivity index (χ1n) is 6.12. The van der Waals surface area contributed by atoms with Crippen molar-refractivity contribution in [1.82, 2.24) is 0 Å². The molecule has 0 aliphatic carbocycles. The quantitative estimate of drug-likeness (QED) is 0.842. The van der Waals surface area contributed by atoms with Gasteiger partial charge in [-0.1, -0.05) is 45.8 Å². The number of halogens is 1. The predicted molar refractivity (Wildman–Crippen MR) is 82.1 cm³/mol. The van der Waals surface area contributed by atoms with E-state index in [1.165, 1.54) is 32.4 Å². The van der Waals surface area contributed by atoms with Crippen molar-refractivity contribution in [2.24, 2.45) is 0 Å². The van der Waals surface area contributed by atoms with Gasteiger partial charge in [0.2, 0.25) is 0 Å². The van der Waals surface area contributed by atoms with Crippen LogP contribution in [0.3, 0.4) is 0 Å². The molecule has 0 spiro atoms. The molecule has 0 amide bonds. The second kappa shape index (κ2) is 5.57. The van der Waals surface area contributed by atoms with Crippen LogP contribution in [0.25, 0.3) is 0 Å². The molecule has 0 fully saturated rings. The van der Waals surface area contributed by atoms with Crippen LogP contribution < -0.4 is 5.32 Å². The van der Waals surface area contributed by atoms with E-state index in [4.69, 9.17) is 0 Å². The number of nitrogens with one attached hydrogen (secondary N) is 1. The van der Waals surface area contributed by atoms with Gasteiger partial charge in [0.25, 0.3) is 0 Å². The Kier molecular flexibility index (Phi) is 4.07. The van der Waals surface area contributed by atoms with Crippen molar-refractivity contribution in [1.29, 1.82) is 0 Å². The highest BCUT2D eigenvalue weighted by atomic mass is 79.9. The Morgan fingerprint density at radius 3 is 2.28 bits per heavy atom. The molecule has 0 aliphatic heterocycles. The van der Waals surface area contributed by atoms with Gasteiger partial charge < -0.3 is 5.32 Å². The maximum absolute atomic E-state index is 3.59. The molecule has 0 radical (unpaired) electrons. The molecule has 0 saturated heterocycles. The zero-order valence-electron chi connectivity index (χ0n) is 11.0. The van der Waals surface area contributed by atoms with Gasteiger partial charge >= 0.3 is 0 Å². The van der Waals surface area contributed by atoms with Crippen LogP contribution in [0.4, 0.5) is 5.69 Å². The fourth-order valence-corrected chi connectivity index (χ4v) is 2.30. The molecule has 1 nitrogen and oxygen atoms in total. The summed E-state index contributed by atoms with van der Waals surface area (Å²) in [6, 6.07) is 12.9. The van der Waals surface area contributed by atoms with E-state index in [1.54, 1.807) is 0 Å². The van der Waals surface area contributed by atoms with Gasteiger partial charge in [-0.25, -0.2) is 0 Å². The van der Waals surface area contributed by atoms with Crippen LogP contribution in [0, 0.1) is 20.8 Å². The van der Waals surface area contributed by atoms with Crippen molar-refractivity contribution in [3.63, 3.8) is 0 Å². The molecule has 0 aromatic heterocycles. The second-order valence-corrected chi connectivity index (χ2v) is 5.56. The van der Waals surface area contributed by atoms with E-state index in [-0.39, 0.29) is 0 Å². The molecule has 0 aliphatic rings. The normalized spacial score (nSPS) is 10.4. The van der Waals surface area contributed by atoms with Gasteiger partial charge in [0.1, 0.15) is 0 Å². The zero-order valence-corrected chi connectivity index (χ0v) is 12.6. The summed E-state index contributed by atoms with van der Waals surface area (Å²) in [7, 11) is 0. The summed E-state index contributed by atoms with van der Waals surface area (Å²) >= 11 is 3.59. The molecule has 94 valence electrons. The van der Waals surface area contributed by atoms with E-state index in [2.05, 4.69) is 78.4 Å². The van der Waals surface area contributed by atoms with Gasteiger partial charge in [0.15, 0.2) is 0 Å². The van der Waals surface area contributed by atoms with Crippen LogP contribution in [0.1, 0.15) is 22.3 Å². The van der Waals surface area contributed by atoms with Crippen molar-refractivity contribution >= 4 is 21.6 Å². The van der Waals surface area contributed by atoms with Gasteiger partial charge in [0, 0.05) is 16.7 Å². The molecule has 0 unspecified atom stereocenters. The predicted octanol–water partition coefficient (Wildman–Crippen LogP) is 4.99.